The van der Waals surface area contributed by atoms with Crippen LogP contribution in [0.2, 0.25) is 0 Å². The number of hydrogen-bond acceptors (Lipinski definition) is 2. The second-order valence-electron chi connectivity index (χ2n) is 7.70. The molecule has 4 rings (SSSR count). The van der Waals surface area contributed by atoms with Crippen LogP contribution in [0.1, 0.15) is 28.8 Å². The SMILES string of the molecule is C[C@@H](c1ccccc1)[C@@H](C(=O)c1ccccc1)P(=O)(c1ccccc1)c1ccccc1. The normalized spacial score (nSPS) is 13.3. The summed E-state index contributed by atoms with van der Waals surface area (Å²) in [5.74, 6) is -0.326. The van der Waals surface area contributed by atoms with Gasteiger partial charge in [-0.1, -0.05) is 128 Å². The zero-order valence-electron chi connectivity index (χ0n) is 17.5. The van der Waals surface area contributed by atoms with Crippen molar-refractivity contribution >= 4 is 23.5 Å². The molecule has 0 unspecified atom stereocenters. The lowest BCUT2D eigenvalue weighted by Crippen LogP contribution is -2.35. The van der Waals surface area contributed by atoms with E-state index in [9.17, 15) is 4.79 Å². The number of rotatable bonds is 7. The van der Waals surface area contributed by atoms with Gasteiger partial charge >= 0.3 is 0 Å². The number of ketones is 1. The van der Waals surface area contributed by atoms with Gasteiger partial charge in [0, 0.05) is 16.2 Å². The molecule has 0 radical (unpaired) electrons. The monoisotopic (exact) mass is 424 g/mol. The Labute approximate surface area is 184 Å². The number of benzene rings is 4. The molecule has 0 bridgehead atoms. The van der Waals surface area contributed by atoms with Crippen LogP contribution in [-0.2, 0) is 4.57 Å². The quantitative estimate of drug-likeness (QED) is 0.267. The van der Waals surface area contributed by atoms with Crippen LogP contribution in [0.15, 0.2) is 121 Å². The first-order valence-corrected chi connectivity index (χ1v) is 12.2. The maximum absolute atomic E-state index is 15.1. The highest BCUT2D eigenvalue weighted by Crippen LogP contribution is 2.54. The molecule has 0 amide bonds. The van der Waals surface area contributed by atoms with E-state index in [4.69, 9.17) is 0 Å². The van der Waals surface area contributed by atoms with E-state index in [0.29, 0.717) is 16.2 Å². The minimum Gasteiger partial charge on any atom is -0.313 e. The number of Topliss-reactive ketones (excluding diaryl/α,β-unsaturated/α-hetero) is 1. The van der Waals surface area contributed by atoms with Gasteiger partial charge in [0.15, 0.2) is 12.9 Å². The lowest BCUT2D eigenvalue weighted by atomic mass is 9.92. The van der Waals surface area contributed by atoms with E-state index in [0.717, 1.165) is 5.56 Å². The molecule has 0 heterocycles. The number of carbonyl (C=O) groups is 1. The molecule has 0 spiro atoms. The lowest BCUT2D eigenvalue weighted by molar-refractivity contribution is 0.0979. The fraction of sp³-hybridized carbons (Fsp3) is 0.107. The van der Waals surface area contributed by atoms with Gasteiger partial charge in [-0.3, -0.25) is 4.79 Å². The molecular formula is C28H25O2P. The van der Waals surface area contributed by atoms with Crippen molar-refractivity contribution in [2.75, 3.05) is 0 Å². The maximum Gasteiger partial charge on any atom is 0.174 e. The molecular weight excluding hydrogens is 399 g/mol. The van der Waals surface area contributed by atoms with Crippen LogP contribution in [0.4, 0.5) is 0 Å². The lowest BCUT2D eigenvalue weighted by Gasteiger charge is -2.32. The van der Waals surface area contributed by atoms with Crippen molar-refractivity contribution in [2.24, 2.45) is 0 Å². The smallest absolute Gasteiger partial charge is 0.174 e. The summed E-state index contributed by atoms with van der Waals surface area (Å²) in [5.41, 5.74) is 0.869. The molecule has 0 N–H and O–H groups in total. The third kappa shape index (κ3) is 4.17. The zero-order chi connectivity index (χ0) is 21.7. The third-order valence-electron chi connectivity index (χ3n) is 5.80. The van der Waals surface area contributed by atoms with E-state index in [1.54, 1.807) is 0 Å². The predicted molar refractivity (Wildman–Crippen MR) is 129 cm³/mol. The van der Waals surface area contributed by atoms with Gasteiger partial charge < -0.3 is 4.57 Å². The van der Waals surface area contributed by atoms with Crippen LogP contribution in [0.3, 0.4) is 0 Å². The molecule has 154 valence electrons. The van der Waals surface area contributed by atoms with Crippen molar-refractivity contribution in [2.45, 2.75) is 18.5 Å². The van der Waals surface area contributed by atoms with Gasteiger partial charge in [-0.15, -0.1) is 0 Å². The van der Waals surface area contributed by atoms with Crippen LogP contribution in [0.5, 0.6) is 0 Å². The average molecular weight is 424 g/mol. The molecule has 0 aromatic heterocycles. The van der Waals surface area contributed by atoms with Crippen LogP contribution in [0, 0.1) is 0 Å². The standard InChI is InChI=1S/C28H25O2P/c1-22(23-14-6-2-7-15-23)28(27(29)24-16-8-3-9-17-24)31(30,25-18-10-4-11-19-25)26-20-12-5-13-21-26/h2-22,28H,1H3/t22-,28-/m0/s1. The summed E-state index contributed by atoms with van der Waals surface area (Å²) < 4.78 is 15.1. The van der Waals surface area contributed by atoms with Gasteiger partial charge in [-0.25, -0.2) is 0 Å². The highest BCUT2D eigenvalue weighted by atomic mass is 31.2. The highest BCUT2D eigenvalue weighted by Gasteiger charge is 2.45. The van der Waals surface area contributed by atoms with E-state index >= 15 is 4.57 Å². The summed E-state index contributed by atoms with van der Waals surface area (Å²) in [5, 5.41) is 1.41. The van der Waals surface area contributed by atoms with Crippen LogP contribution in [-0.4, -0.2) is 11.4 Å². The van der Waals surface area contributed by atoms with Crippen molar-refractivity contribution in [1.29, 1.82) is 0 Å². The molecule has 0 saturated carbocycles. The summed E-state index contributed by atoms with van der Waals surface area (Å²) in [6, 6.07) is 38.1. The van der Waals surface area contributed by atoms with E-state index in [1.807, 2.05) is 128 Å². The molecule has 0 fully saturated rings. The fourth-order valence-corrected chi connectivity index (χ4v) is 7.64. The Kier molecular flexibility index (Phi) is 6.30. The first-order valence-electron chi connectivity index (χ1n) is 10.5. The number of hydrogen-bond donors (Lipinski definition) is 0. The van der Waals surface area contributed by atoms with E-state index in [1.165, 1.54) is 0 Å². The Bertz CT molecular complexity index is 1130. The Morgan fingerprint density at radius 1 is 0.613 bits per heavy atom. The molecule has 0 aliphatic rings. The fourth-order valence-electron chi connectivity index (χ4n) is 4.19. The van der Waals surface area contributed by atoms with Gasteiger partial charge in [0.25, 0.3) is 0 Å². The largest absolute Gasteiger partial charge is 0.313 e. The molecule has 0 aliphatic heterocycles. The maximum atomic E-state index is 15.1. The molecule has 4 aromatic rings. The molecule has 0 saturated heterocycles. The van der Waals surface area contributed by atoms with Gasteiger partial charge in [-0.2, -0.15) is 0 Å². The second kappa shape index (κ2) is 9.29. The predicted octanol–water partition coefficient (Wildman–Crippen LogP) is 6.06. The molecule has 2 atom stereocenters. The molecule has 31 heavy (non-hydrogen) atoms. The second-order valence-corrected chi connectivity index (χ2v) is 10.6. The Morgan fingerprint density at radius 2 is 1.00 bits per heavy atom. The van der Waals surface area contributed by atoms with Crippen molar-refractivity contribution in [1.82, 2.24) is 0 Å². The van der Waals surface area contributed by atoms with Crippen molar-refractivity contribution in [3.63, 3.8) is 0 Å². The Balaban J connectivity index is 1.97. The van der Waals surface area contributed by atoms with Gasteiger partial charge in [0.05, 0.1) is 5.66 Å². The van der Waals surface area contributed by atoms with Gasteiger partial charge in [-0.05, 0) is 11.5 Å². The van der Waals surface area contributed by atoms with Crippen molar-refractivity contribution in [3.05, 3.63) is 132 Å². The Morgan fingerprint density at radius 3 is 1.45 bits per heavy atom. The van der Waals surface area contributed by atoms with Crippen LogP contribution >= 0.6 is 7.14 Å². The van der Waals surface area contributed by atoms with E-state index in [2.05, 4.69) is 0 Å². The van der Waals surface area contributed by atoms with Crippen molar-refractivity contribution < 1.29 is 9.36 Å². The molecule has 4 aromatic carbocycles. The average Bonchev–Trinajstić information content (AvgIpc) is 2.86. The topological polar surface area (TPSA) is 34.1 Å². The Hall–Kier alpha value is -3.22. The summed E-state index contributed by atoms with van der Waals surface area (Å²) >= 11 is 0. The third-order valence-corrected chi connectivity index (χ3v) is 9.39. The van der Waals surface area contributed by atoms with E-state index in [-0.39, 0.29) is 11.7 Å². The minimum atomic E-state index is -3.33. The summed E-state index contributed by atoms with van der Waals surface area (Å²) in [6.07, 6.45) is 0. The summed E-state index contributed by atoms with van der Waals surface area (Å²) in [6.45, 7) is 2.01. The minimum absolute atomic E-state index is 0.0898. The number of carbonyl (C=O) groups excluding carboxylic acids is 1. The van der Waals surface area contributed by atoms with E-state index < -0.39 is 12.8 Å². The first kappa shape index (κ1) is 21.0. The summed E-state index contributed by atoms with van der Waals surface area (Å²) in [7, 11) is -3.33. The summed E-state index contributed by atoms with van der Waals surface area (Å²) in [4.78, 5) is 14.0. The molecule has 0 aliphatic carbocycles. The van der Waals surface area contributed by atoms with Gasteiger partial charge in [0.1, 0.15) is 0 Å². The molecule has 3 heteroatoms. The van der Waals surface area contributed by atoms with Crippen LogP contribution in [0.25, 0.3) is 0 Å². The first-order chi connectivity index (χ1) is 15.1. The van der Waals surface area contributed by atoms with Crippen LogP contribution < -0.4 is 10.6 Å². The highest BCUT2D eigenvalue weighted by molar-refractivity contribution is 7.80. The van der Waals surface area contributed by atoms with Crippen molar-refractivity contribution in [3.8, 4) is 0 Å². The van der Waals surface area contributed by atoms with Gasteiger partial charge in [0.2, 0.25) is 0 Å². The zero-order valence-corrected chi connectivity index (χ0v) is 18.4. The molecule has 2 nitrogen and oxygen atoms in total.